The Bertz CT molecular complexity index is 1580. The van der Waals surface area contributed by atoms with E-state index in [0.29, 0.717) is 30.9 Å². The van der Waals surface area contributed by atoms with Crippen molar-refractivity contribution >= 4 is 33.7 Å². The SMILES string of the molecule is COc1ccc(C(=O)C=Cc2cn(CC(O)CNCCc3c[nH]c4ccc(F)cc34)c3ccccc23)cc1. The average molecular weight is 512 g/mol. The first-order valence-electron chi connectivity index (χ1n) is 12.6. The highest BCUT2D eigenvalue weighted by molar-refractivity contribution is 6.07. The number of H-pyrrole nitrogens is 1. The van der Waals surface area contributed by atoms with Gasteiger partial charge in [0.05, 0.1) is 13.2 Å². The van der Waals surface area contributed by atoms with Crippen LogP contribution in [0.5, 0.6) is 5.75 Å². The molecule has 38 heavy (non-hydrogen) atoms. The smallest absolute Gasteiger partial charge is 0.185 e. The second-order valence-corrected chi connectivity index (χ2v) is 9.29. The number of ketones is 1. The molecular formula is C31H30FN3O3. The molecular weight excluding hydrogens is 481 g/mol. The fraction of sp³-hybridized carbons (Fsp3) is 0.194. The van der Waals surface area contributed by atoms with Gasteiger partial charge >= 0.3 is 0 Å². The number of hydrogen-bond acceptors (Lipinski definition) is 4. The number of allylic oxidation sites excluding steroid dienone is 1. The zero-order chi connectivity index (χ0) is 26.5. The molecule has 0 aliphatic carbocycles. The van der Waals surface area contributed by atoms with E-state index in [1.165, 1.54) is 6.07 Å². The number of ether oxygens (including phenoxy) is 1. The van der Waals surface area contributed by atoms with Crippen LogP contribution < -0.4 is 10.1 Å². The van der Waals surface area contributed by atoms with E-state index in [1.54, 1.807) is 49.6 Å². The number of benzene rings is 3. The number of fused-ring (bicyclic) bond motifs is 2. The predicted octanol–water partition coefficient (Wildman–Crippen LogP) is 5.36. The number of aromatic amines is 1. The van der Waals surface area contributed by atoms with Crippen LogP contribution in [0, 0.1) is 5.82 Å². The molecule has 0 saturated carbocycles. The number of aromatic nitrogens is 2. The van der Waals surface area contributed by atoms with Crippen LogP contribution in [-0.2, 0) is 13.0 Å². The minimum Gasteiger partial charge on any atom is -0.497 e. The van der Waals surface area contributed by atoms with Crippen molar-refractivity contribution in [2.45, 2.75) is 19.1 Å². The number of nitrogens with zero attached hydrogens (tertiary/aromatic N) is 1. The van der Waals surface area contributed by atoms with E-state index in [9.17, 15) is 14.3 Å². The maximum atomic E-state index is 13.6. The summed E-state index contributed by atoms with van der Waals surface area (Å²) in [6, 6.07) is 19.7. The summed E-state index contributed by atoms with van der Waals surface area (Å²) in [4.78, 5) is 15.8. The van der Waals surface area contributed by atoms with Crippen LogP contribution in [0.4, 0.5) is 4.39 Å². The van der Waals surface area contributed by atoms with E-state index < -0.39 is 6.10 Å². The molecule has 0 aliphatic heterocycles. The van der Waals surface area contributed by atoms with Crippen LogP contribution in [0.25, 0.3) is 27.9 Å². The molecule has 2 heterocycles. The molecule has 0 amide bonds. The Balaban J connectivity index is 1.20. The van der Waals surface area contributed by atoms with Crippen molar-refractivity contribution in [3.05, 3.63) is 108 Å². The average Bonchev–Trinajstić information content (AvgIpc) is 3.50. The molecule has 0 spiro atoms. The number of methoxy groups -OCH3 is 1. The Hall–Kier alpha value is -4.20. The topological polar surface area (TPSA) is 79.3 Å². The predicted molar refractivity (Wildman–Crippen MR) is 149 cm³/mol. The Kier molecular flexibility index (Phi) is 7.67. The molecule has 1 unspecified atom stereocenters. The van der Waals surface area contributed by atoms with Gasteiger partial charge in [0, 0.05) is 58.4 Å². The molecule has 3 N–H and O–H groups in total. The van der Waals surface area contributed by atoms with Crippen LogP contribution in [0.2, 0.25) is 0 Å². The van der Waals surface area contributed by atoms with Gasteiger partial charge in [-0.2, -0.15) is 0 Å². The number of para-hydroxylation sites is 1. The van der Waals surface area contributed by atoms with Crippen molar-refractivity contribution in [1.29, 1.82) is 0 Å². The largest absolute Gasteiger partial charge is 0.497 e. The number of hydrogen-bond donors (Lipinski definition) is 3. The van der Waals surface area contributed by atoms with Crippen LogP contribution >= 0.6 is 0 Å². The van der Waals surface area contributed by atoms with Crippen molar-refractivity contribution < 1.29 is 19.0 Å². The minimum absolute atomic E-state index is 0.0911. The Morgan fingerprint density at radius 1 is 1.13 bits per heavy atom. The molecule has 194 valence electrons. The third-order valence-electron chi connectivity index (χ3n) is 6.70. The van der Waals surface area contributed by atoms with Gasteiger partial charge in [0.15, 0.2) is 5.78 Å². The number of carbonyl (C=O) groups is 1. The van der Waals surface area contributed by atoms with E-state index >= 15 is 0 Å². The summed E-state index contributed by atoms with van der Waals surface area (Å²) in [6.45, 7) is 1.49. The highest BCUT2D eigenvalue weighted by atomic mass is 19.1. The van der Waals surface area contributed by atoms with Crippen LogP contribution in [-0.4, -0.2) is 46.7 Å². The van der Waals surface area contributed by atoms with Crippen molar-refractivity contribution in [3.63, 3.8) is 0 Å². The monoisotopic (exact) mass is 511 g/mol. The number of rotatable bonds is 11. The maximum Gasteiger partial charge on any atom is 0.185 e. The van der Waals surface area contributed by atoms with Crippen molar-refractivity contribution in [3.8, 4) is 5.75 Å². The van der Waals surface area contributed by atoms with Gasteiger partial charge in [-0.05, 0) is 79.2 Å². The molecule has 0 radical (unpaired) electrons. The summed E-state index contributed by atoms with van der Waals surface area (Å²) in [5.41, 5.74) is 4.44. The number of aliphatic hydroxyl groups excluding tert-OH is 1. The summed E-state index contributed by atoms with van der Waals surface area (Å²) < 4.78 is 20.8. The number of aliphatic hydroxyl groups is 1. The summed E-state index contributed by atoms with van der Waals surface area (Å²) in [5, 5.41) is 15.9. The lowest BCUT2D eigenvalue weighted by atomic mass is 10.1. The summed E-state index contributed by atoms with van der Waals surface area (Å²) in [7, 11) is 1.59. The zero-order valence-electron chi connectivity index (χ0n) is 21.2. The normalized spacial score (nSPS) is 12.5. The number of halogens is 1. The lowest BCUT2D eigenvalue weighted by molar-refractivity contribution is 0.104. The molecule has 7 heteroatoms. The van der Waals surface area contributed by atoms with Gasteiger partial charge in [-0.25, -0.2) is 4.39 Å². The number of nitrogens with one attached hydrogen (secondary N) is 2. The van der Waals surface area contributed by atoms with Gasteiger partial charge < -0.3 is 24.7 Å². The molecule has 5 aromatic rings. The standard InChI is InChI=1S/C31H30FN3O3/c1-38-26-10-6-21(7-11-26)31(37)13-8-23-19-35(30-5-3-2-4-27(23)30)20-25(36)18-33-15-14-22-17-34-29-12-9-24(32)16-28(22)29/h2-13,16-17,19,25,33-34,36H,14-15,18,20H2,1H3. The molecule has 1 atom stereocenters. The van der Waals surface area contributed by atoms with Crippen LogP contribution in [0.15, 0.2) is 85.2 Å². The Morgan fingerprint density at radius 2 is 1.95 bits per heavy atom. The molecule has 6 nitrogen and oxygen atoms in total. The first-order chi connectivity index (χ1) is 18.5. The summed E-state index contributed by atoms with van der Waals surface area (Å²) >= 11 is 0. The highest BCUT2D eigenvalue weighted by Gasteiger charge is 2.12. The maximum absolute atomic E-state index is 13.6. The zero-order valence-corrected chi connectivity index (χ0v) is 21.2. The fourth-order valence-corrected chi connectivity index (χ4v) is 4.72. The first kappa shape index (κ1) is 25.4. The summed E-state index contributed by atoms with van der Waals surface area (Å²) in [6.07, 6.45) is 7.38. The van der Waals surface area contributed by atoms with E-state index in [4.69, 9.17) is 4.74 Å². The first-order valence-corrected chi connectivity index (χ1v) is 12.6. The van der Waals surface area contributed by atoms with Crippen LogP contribution in [0.3, 0.4) is 0 Å². The number of carbonyl (C=O) groups excluding carboxylic acids is 1. The molecule has 5 rings (SSSR count). The molecule has 3 aromatic carbocycles. The Labute approximate surface area is 220 Å². The van der Waals surface area contributed by atoms with Gasteiger partial charge in [-0.15, -0.1) is 0 Å². The van der Waals surface area contributed by atoms with Gasteiger partial charge in [-0.3, -0.25) is 4.79 Å². The van der Waals surface area contributed by atoms with Crippen LogP contribution in [0.1, 0.15) is 21.5 Å². The molecule has 0 saturated heterocycles. The third-order valence-corrected chi connectivity index (χ3v) is 6.70. The molecule has 0 fully saturated rings. The van der Waals surface area contributed by atoms with Gasteiger partial charge in [-0.1, -0.05) is 18.2 Å². The molecule has 0 aliphatic rings. The second kappa shape index (κ2) is 11.5. The van der Waals surface area contributed by atoms with Crippen molar-refractivity contribution in [2.75, 3.05) is 20.2 Å². The third kappa shape index (κ3) is 5.69. The van der Waals surface area contributed by atoms with E-state index in [2.05, 4.69) is 10.3 Å². The Morgan fingerprint density at radius 3 is 2.76 bits per heavy atom. The fourth-order valence-electron chi connectivity index (χ4n) is 4.72. The lowest BCUT2D eigenvalue weighted by Crippen LogP contribution is -2.31. The van der Waals surface area contributed by atoms with Crippen molar-refractivity contribution in [1.82, 2.24) is 14.9 Å². The highest BCUT2D eigenvalue weighted by Crippen LogP contribution is 2.24. The van der Waals surface area contributed by atoms with E-state index in [-0.39, 0.29) is 11.6 Å². The quantitative estimate of drug-likeness (QED) is 0.127. The van der Waals surface area contributed by atoms with Crippen molar-refractivity contribution in [2.24, 2.45) is 0 Å². The molecule has 0 bridgehead atoms. The summed E-state index contributed by atoms with van der Waals surface area (Å²) in [5.74, 6) is 0.363. The lowest BCUT2D eigenvalue weighted by Gasteiger charge is -2.13. The van der Waals surface area contributed by atoms with E-state index in [0.717, 1.165) is 39.4 Å². The van der Waals surface area contributed by atoms with E-state index in [1.807, 2.05) is 47.3 Å². The minimum atomic E-state index is -0.607. The van der Waals surface area contributed by atoms with Gasteiger partial charge in [0.2, 0.25) is 0 Å². The molecule has 2 aromatic heterocycles. The second-order valence-electron chi connectivity index (χ2n) is 9.29. The van der Waals surface area contributed by atoms with Gasteiger partial charge in [0.1, 0.15) is 11.6 Å². The van der Waals surface area contributed by atoms with Gasteiger partial charge in [0.25, 0.3) is 0 Å².